The first-order valence-electron chi connectivity index (χ1n) is 4.76. The van der Waals surface area contributed by atoms with Gasteiger partial charge >= 0.3 is 5.97 Å². The highest BCUT2D eigenvalue weighted by atomic mass is 35.5. The maximum absolute atomic E-state index is 11.1. The molecule has 0 atom stereocenters. The molecule has 1 aromatic carbocycles. The van der Waals surface area contributed by atoms with E-state index in [0.717, 1.165) is 0 Å². The van der Waals surface area contributed by atoms with E-state index in [1.165, 1.54) is 20.3 Å². The van der Waals surface area contributed by atoms with Gasteiger partial charge in [0, 0.05) is 18.1 Å². The number of methoxy groups -OCH3 is 2. The minimum absolute atomic E-state index is 0.0764. The number of carbonyl (C=O) groups is 1. The molecule has 1 rings (SSSR count). The van der Waals surface area contributed by atoms with E-state index in [1.807, 2.05) is 0 Å². The van der Waals surface area contributed by atoms with Crippen LogP contribution in [0.3, 0.4) is 0 Å². The highest BCUT2D eigenvalue weighted by Gasteiger charge is 2.19. The van der Waals surface area contributed by atoms with Crippen LogP contribution < -0.4 is 9.47 Å². The van der Waals surface area contributed by atoms with Crippen molar-refractivity contribution >= 4 is 29.2 Å². The third-order valence-corrected chi connectivity index (χ3v) is 2.54. The second-order valence-corrected chi connectivity index (χ2v) is 4.53. The van der Waals surface area contributed by atoms with Gasteiger partial charge in [-0.15, -0.1) is 23.2 Å². The van der Waals surface area contributed by atoms with Crippen LogP contribution in [0.1, 0.15) is 15.9 Å². The summed E-state index contributed by atoms with van der Waals surface area (Å²) in [4.78, 5) is 10.4. The summed E-state index contributed by atoms with van der Waals surface area (Å²) in [6.07, 6.45) is 0.192. The minimum Gasteiger partial charge on any atom is -0.497 e. The van der Waals surface area contributed by atoms with Gasteiger partial charge in [-0.1, -0.05) is 0 Å². The molecule has 0 heterocycles. The number of halogens is 2. The Morgan fingerprint density at radius 2 is 2.00 bits per heavy atom. The van der Waals surface area contributed by atoms with Crippen molar-refractivity contribution in [1.82, 2.24) is 0 Å². The van der Waals surface area contributed by atoms with Crippen LogP contribution in [0.15, 0.2) is 12.1 Å². The summed E-state index contributed by atoms with van der Waals surface area (Å²) in [7, 11) is 2.90. The lowest BCUT2D eigenvalue weighted by atomic mass is 10.0. The van der Waals surface area contributed by atoms with Gasteiger partial charge in [-0.05, 0) is 6.07 Å². The molecule has 94 valence electrons. The van der Waals surface area contributed by atoms with Crippen molar-refractivity contribution in [1.29, 1.82) is 0 Å². The minimum atomic E-state index is -1.08. The predicted molar refractivity (Wildman–Crippen MR) is 65.7 cm³/mol. The number of hydrogen-bond donors (Lipinski definition) is 1. The molecule has 0 fully saturated rings. The maximum atomic E-state index is 11.1. The topological polar surface area (TPSA) is 55.8 Å². The molecule has 0 aliphatic heterocycles. The lowest BCUT2D eigenvalue weighted by Gasteiger charge is -2.14. The largest absolute Gasteiger partial charge is 0.497 e. The Morgan fingerprint density at radius 1 is 1.35 bits per heavy atom. The smallest absolute Gasteiger partial charge is 0.336 e. The highest BCUT2D eigenvalue weighted by molar-refractivity contribution is 6.44. The SMILES string of the molecule is COc1cc(OC)c(CC(Cl)Cl)c(C(=O)O)c1. The molecule has 0 aromatic heterocycles. The van der Waals surface area contributed by atoms with Crippen LogP contribution in [0.25, 0.3) is 0 Å². The quantitative estimate of drug-likeness (QED) is 0.842. The van der Waals surface area contributed by atoms with E-state index in [9.17, 15) is 4.79 Å². The summed E-state index contributed by atoms with van der Waals surface area (Å²) in [5.74, 6) is -0.275. The summed E-state index contributed by atoms with van der Waals surface area (Å²) in [5, 5.41) is 9.12. The van der Waals surface area contributed by atoms with Crippen molar-refractivity contribution < 1.29 is 19.4 Å². The normalized spacial score (nSPS) is 10.4. The molecule has 1 N–H and O–H groups in total. The van der Waals surface area contributed by atoms with Gasteiger partial charge in [0.15, 0.2) is 0 Å². The van der Waals surface area contributed by atoms with Crippen molar-refractivity contribution in [2.75, 3.05) is 14.2 Å². The van der Waals surface area contributed by atoms with E-state index in [1.54, 1.807) is 6.07 Å². The number of ether oxygens (including phenoxy) is 2. The zero-order valence-corrected chi connectivity index (χ0v) is 10.9. The molecule has 0 saturated carbocycles. The molecule has 0 amide bonds. The molecule has 0 saturated heterocycles. The molecule has 0 unspecified atom stereocenters. The average molecular weight is 279 g/mol. The molecule has 0 radical (unpaired) electrons. The molecule has 1 aromatic rings. The van der Waals surface area contributed by atoms with Gasteiger partial charge in [-0.3, -0.25) is 0 Å². The second-order valence-electron chi connectivity index (χ2n) is 3.26. The molecule has 0 aliphatic carbocycles. The lowest BCUT2D eigenvalue weighted by molar-refractivity contribution is 0.0695. The molecule has 4 nitrogen and oxygen atoms in total. The number of benzene rings is 1. The van der Waals surface area contributed by atoms with Crippen molar-refractivity contribution in [2.45, 2.75) is 11.3 Å². The molecular formula is C11H12Cl2O4. The zero-order chi connectivity index (χ0) is 13.0. The number of aromatic carboxylic acids is 1. The van der Waals surface area contributed by atoms with Gasteiger partial charge in [0.1, 0.15) is 16.3 Å². The van der Waals surface area contributed by atoms with Gasteiger partial charge in [-0.2, -0.15) is 0 Å². The Labute approximate surface area is 109 Å². The zero-order valence-electron chi connectivity index (χ0n) is 9.37. The van der Waals surface area contributed by atoms with E-state index < -0.39 is 10.8 Å². The van der Waals surface area contributed by atoms with Gasteiger partial charge in [-0.25, -0.2) is 4.79 Å². The predicted octanol–water partition coefficient (Wildman–Crippen LogP) is 2.75. The summed E-state index contributed by atoms with van der Waals surface area (Å²) in [6.45, 7) is 0. The van der Waals surface area contributed by atoms with Crippen LogP contribution in [0.2, 0.25) is 0 Å². The fourth-order valence-corrected chi connectivity index (χ4v) is 1.78. The van der Waals surface area contributed by atoms with Gasteiger partial charge < -0.3 is 14.6 Å². The average Bonchev–Trinajstić information content (AvgIpc) is 2.28. The Morgan fingerprint density at radius 3 is 2.41 bits per heavy atom. The Hall–Kier alpha value is -1.13. The van der Waals surface area contributed by atoms with E-state index in [-0.39, 0.29) is 12.0 Å². The molecule has 0 spiro atoms. The first kappa shape index (κ1) is 13.9. The summed E-state index contributed by atoms with van der Waals surface area (Å²) in [5.41, 5.74) is 0.531. The standard InChI is InChI=1S/C11H12Cl2O4/c1-16-6-3-8(11(14)15)7(5-10(12)13)9(4-6)17-2/h3-4,10H,5H2,1-2H3,(H,14,15). The monoisotopic (exact) mass is 278 g/mol. The summed E-state index contributed by atoms with van der Waals surface area (Å²) in [6, 6.07) is 3.01. The fraction of sp³-hybridized carbons (Fsp3) is 0.364. The number of rotatable bonds is 5. The van der Waals surface area contributed by atoms with Gasteiger partial charge in [0.05, 0.1) is 19.8 Å². The Bertz CT molecular complexity index is 418. The third kappa shape index (κ3) is 3.41. The second kappa shape index (κ2) is 5.98. The van der Waals surface area contributed by atoms with Crippen LogP contribution in [0.5, 0.6) is 11.5 Å². The van der Waals surface area contributed by atoms with Gasteiger partial charge in [0.2, 0.25) is 0 Å². The number of carboxylic acid groups (broad SMARTS) is 1. The van der Waals surface area contributed by atoms with E-state index >= 15 is 0 Å². The number of alkyl halides is 2. The molecule has 0 aliphatic rings. The summed E-state index contributed by atoms with van der Waals surface area (Å²) < 4.78 is 10.1. The van der Waals surface area contributed by atoms with Gasteiger partial charge in [0.25, 0.3) is 0 Å². The number of hydrogen-bond acceptors (Lipinski definition) is 3. The Balaban J connectivity index is 3.35. The van der Waals surface area contributed by atoms with Crippen LogP contribution in [0.4, 0.5) is 0 Å². The van der Waals surface area contributed by atoms with E-state index in [0.29, 0.717) is 17.1 Å². The van der Waals surface area contributed by atoms with Crippen LogP contribution in [0, 0.1) is 0 Å². The van der Waals surface area contributed by atoms with Crippen molar-refractivity contribution in [2.24, 2.45) is 0 Å². The third-order valence-electron chi connectivity index (χ3n) is 2.23. The van der Waals surface area contributed by atoms with Crippen molar-refractivity contribution in [3.05, 3.63) is 23.3 Å². The fourth-order valence-electron chi connectivity index (χ4n) is 1.48. The molecule has 6 heteroatoms. The van der Waals surface area contributed by atoms with E-state index in [2.05, 4.69) is 0 Å². The summed E-state index contributed by atoms with van der Waals surface area (Å²) >= 11 is 11.4. The molecular weight excluding hydrogens is 267 g/mol. The van der Waals surface area contributed by atoms with E-state index in [4.69, 9.17) is 37.8 Å². The molecule has 17 heavy (non-hydrogen) atoms. The Kier molecular flexibility index (Phi) is 4.90. The van der Waals surface area contributed by atoms with Crippen molar-refractivity contribution in [3.8, 4) is 11.5 Å². The first-order chi connectivity index (χ1) is 7.99. The first-order valence-corrected chi connectivity index (χ1v) is 5.63. The number of carboxylic acids is 1. The molecule has 0 bridgehead atoms. The van der Waals surface area contributed by atoms with Crippen LogP contribution in [-0.2, 0) is 6.42 Å². The van der Waals surface area contributed by atoms with Crippen LogP contribution in [-0.4, -0.2) is 30.1 Å². The van der Waals surface area contributed by atoms with Crippen LogP contribution >= 0.6 is 23.2 Å². The highest BCUT2D eigenvalue weighted by Crippen LogP contribution is 2.31. The van der Waals surface area contributed by atoms with Crippen molar-refractivity contribution in [3.63, 3.8) is 0 Å². The lowest BCUT2D eigenvalue weighted by Crippen LogP contribution is -2.08. The maximum Gasteiger partial charge on any atom is 0.336 e.